The summed E-state index contributed by atoms with van der Waals surface area (Å²) in [7, 11) is 0. The van der Waals surface area contributed by atoms with Gasteiger partial charge < -0.3 is 4.74 Å². The summed E-state index contributed by atoms with van der Waals surface area (Å²) in [5, 5.41) is 0.895. The minimum absolute atomic E-state index is 0.108. The first-order valence-electron chi connectivity index (χ1n) is 5.63. The van der Waals surface area contributed by atoms with E-state index in [0.29, 0.717) is 9.88 Å². The number of carbonyl (C=O) groups excluding carboxylic acids is 1. The van der Waals surface area contributed by atoms with Crippen molar-refractivity contribution in [3.63, 3.8) is 0 Å². The molecule has 1 aromatic carbocycles. The SMILES string of the molecule is CCOC(=O)c1nc(C)sc1-c1c(F)cccc1Cl. The highest BCUT2D eigenvalue weighted by Gasteiger charge is 2.23. The van der Waals surface area contributed by atoms with Gasteiger partial charge in [-0.1, -0.05) is 17.7 Å². The summed E-state index contributed by atoms with van der Waals surface area (Å²) in [6.07, 6.45) is 0. The first kappa shape index (κ1) is 14.0. The van der Waals surface area contributed by atoms with E-state index in [9.17, 15) is 9.18 Å². The normalized spacial score (nSPS) is 10.5. The molecular weight excluding hydrogens is 289 g/mol. The number of aryl methyl sites for hydroxylation is 1. The number of rotatable bonds is 3. The zero-order valence-electron chi connectivity index (χ0n) is 10.4. The van der Waals surface area contributed by atoms with E-state index in [4.69, 9.17) is 16.3 Å². The largest absolute Gasteiger partial charge is 0.461 e. The smallest absolute Gasteiger partial charge is 0.358 e. The van der Waals surface area contributed by atoms with E-state index in [0.717, 1.165) is 0 Å². The Balaban J connectivity index is 2.60. The molecule has 0 spiro atoms. The third-order valence-electron chi connectivity index (χ3n) is 2.39. The molecule has 0 fully saturated rings. The van der Waals surface area contributed by atoms with Crippen molar-refractivity contribution < 1.29 is 13.9 Å². The van der Waals surface area contributed by atoms with E-state index in [1.807, 2.05) is 0 Å². The number of benzene rings is 1. The van der Waals surface area contributed by atoms with Crippen LogP contribution in [0.2, 0.25) is 5.02 Å². The number of hydrogen-bond acceptors (Lipinski definition) is 4. The molecule has 2 rings (SSSR count). The maximum Gasteiger partial charge on any atom is 0.358 e. The number of thiazole rings is 1. The van der Waals surface area contributed by atoms with Gasteiger partial charge in [-0.3, -0.25) is 0 Å². The van der Waals surface area contributed by atoms with Crippen LogP contribution in [-0.2, 0) is 4.74 Å². The zero-order chi connectivity index (χ0) is 14.0. The number of esters is 1. The van der Waals surface area contributed by atoms with Crippen LogP contribution in [0.1, 0.15) is 22.4 Å². The number of hydrogen-bond donors (Lipinski definition) is 0. The Bertz CT molecular complexity index is 607. The standard InChI is InChI=1S/C13H11ClFNO2S/c1-3-18-13(17)11-12(19-7(2)16-11)10-8(14)5-4-6-9(10)15/h4-6H,3H2,1-2H3. The highest BCUT2D eigenvalue weighted by Crippen LogP contribution is 2.37. The minimum atomic E-state index is -0.568. The van der Waals surface area contributed by atoms with Crippen LogP contribution in [0.4, 0.5) is 4.39 Å². The lowest BCUT2D eigenvalue weighted by Gasteiger charge is -2.05. The van der Waals surface area contributed by atoms with Crippen molar-refractivity contribution in [1.29, 1.82) is 0 Å². The van der Waals surface area contributed by atoms with Crippen molar-refractivity contribution >= 4 is 28.9 Å². The number of nitrogens with zero attached hydrogens (tertiary/aromatic N) is 1. The van der Waals surface area contributed by atoms with Crippen LogP contribution in [0.25, 0.3) is 10.4 Å². The first-order valence-corrected chi connectivity index (χ1v) is 6.83. The lowest BCUT2D eigenvalue weighted by atomic mass is 10.1. The third kappa shape index (κ3) is 2.77. The van der Waals surface area contributed by atoms with Crippen molar-refractivity contribution in [1.82, 2.24) is 4.98 Å². The number of aromatic nitrogens is 1. The molecule has 1 heterocycles. The Labute approximate surface area is 119 Å². The van der Waals surface area contributed by atoms with Gasteiger partial charge in [0.2, 0.25) is 0 Å². The van der Waals surface area contributed by atoms with E-state index in [-0.39, 0.29) is 22.9 Å². The molecule has 0 saturated heterocycles. The highest BCUT2D eigenvalue weighted by atomic mass is 35.5. The number of ether oxygens (including phenoxy) is 1. The maximum absolute atomic E-state index is 13.9. The summed E-state index contributed by atoms with van der Waals surface area (Å²) in [4.78, 5) is 16.3. The molecular formula is C13H11ClFNO2S. The molecule has 0 atom stereocenters. The Morgan fingerprint density at radius 2 is 2.26 bits per heavy atom. The van der Waals surface area contributed by atoms with Gasteiger partial charge >= 0.3 is 5.97 Å². The van der Waals surface area contributed by atoms with Crippen molar-refractivity contribution in [2.45, 2.75) is 13.8 Å². The van der Waals surface area contributed by atoms with Gasteiger partial charge in [-0.05, 0) is 26.0 Å². The molecule has 0 aliphatic carbocycles. The molecule has 0 bridgehead atoms. The molecule has 3 nitrogen and oxygen atoms in total. The summed E-state index contributed by atoms with van der Waals surface area (Å²) >= 11 is 7.23. The molecule has 0 saturated carbocycles. The first-order chi connectivity index (χ1) is 9.04. The molecule has 0 amide bonds. The van der Waals surface area contributed by atoms with Gasteiger partial charge in [0.1, 0.15) is 5.82 Å². The van der Waals surface area contributed by atoms with Gasteiger partial charge in [-0.2, -0.15) is 0 Å². The fraction of sp³-hybridized carbons (Fsp3) is 0.231. The molecule has 0 N–H and O–H groups in total. The molecule has 0 aliphatic rings. The minimum Gasteiger partial charge on any atom is -0.461 e. The third-order valence-corrected chi connectivity index (χ3v) is 3.70. The Morgan fingerprint density at radius 3 is 2.89 bits per heavy atom. The van der Waals surface area contributed by atoms with Crippen molar-refractivity contribution in [3.05, 3.63) is 39.7 Å². The van der Waals surface area contributed by atoms with Crippen LogP contribution < -0.4 is 0 Å². The molecule has 1 aromatic heterocycles. The second-order valence-corrected chi connectivity index (χ2v) is 5.34. The lowest BCUT2D eigenvalue weighted by molar-refractivity contribution is 0.0521. The average Bonchev–Trinajstić information content (AvgIpc) is 2.71. The summed E-state index contributed by atoms with van der Waals surface area (Å²) in [6, 6.07) is 4.38. The molecule has 0 radical (unpaired) electrons. The van der Waals surface area contributed by atoms with Crippen molar-refractivity contribution in [3.8, 4) is 10.4 Å². The fourth-order valence-corrected chi connectivity index (χ4v) is 2.93. The van der Waals surface area contributed by atoms with E-state index >= 15 is 0 Å². The van der Waals surface area contributed by atoms with Crippen molar-refractivity contribution in [2.24, 2.45) is 0 Å². The van der Waals surface area contributed by atoms with Crippen LogP contribution in [0.5, 0.6) is 0 Å². The Morgan fingerprint density at radius 1 is 1.53 bits per heavy atom. The van der Waals surface area contributed by atoms with Crippen molar-refractivity contribution in [2.75, 3.05) is 6.61 Å². The van der Waals surface area contributed by atoms with E-state index < -0.39 is 11.8 Å². The van der Waals surface area contributed by atoms with Gasteiger partial charge in [0.15, 0.2) is 5.69 Å². The predicted octanol–water partition coefficient (Wildman–Crippen LogP) is 4.09. The number of halogens is 2. The quantitative estimate of drug-likeness (QED) is 0.801. The van der Waals surface area contributed by atoms with Crippen LogP contribution >= 0.6 is 22.9 Å². The number of carbonyl (C=O) groups is 1. The van der Waals surface area contributed by atoms with Crippen LogP contribution in [0, 0.1) is 12.7 Å². The summed E-state index contributed by atoms with van der Waals surface area (Å²) in [6.45, 7) is 3.68. The molecule has 19 heavy (non-hydrogen) atoms. The zero-order valence-corrected chi connectivity index (χ0v) is 11.9. The Hall–Kier alpha value is -1.46. The molecule has 0 unspecified atom stereocenters. The van der Waals surface area contributed by atoms with Gasteiger partial charge in [-0.25, -0.2) is 14.2 Å². The van der Waals surface area contributed by atoms with Gasteiger partial charge in [0.05, 0.1) is 21.5 Å². The monoisotopic (exact) mass is 299 g/mol. The predicted molar refractivity (Wildman–Crippen MR) is 73.2 cm³/mol. The lowest BCUT2D eigenvalue weighted by Crippen LogP contribution is -2.06. The summed E-state index contributed by atoms with van der Waals surface area (Å²) in [5.41, 5.74) is 0.300. The second kappa shape index (κ2) is 5.67. The van der Waals surface area contributed by atoms with Gasteiger partial charge in [0, 0.05) is 5.56 Å². The van der Waals surface area contributed by atoms with E-state index in [2.05, 4.69) is 4.98 Å². The van der Waals surface area contributed by atoms with Gasteiger partial charge in [0.25, 0.3) is 0 Å². The average molecular weight is 300 g/mol. The van der Waals surface area contributed by atoms with E-state index in [1.165, 1.54) is 23.5 Å². The van der Waals surface area contributed by atoms with E-state index in [1.54, 1.807) is 19.9 Å². The van der Waals surface area contributed by atoms with Crippen LogP contribution in [0.3, 0.4) is 0 Å². The maximum atomic E-state index is 13.9. The molecule has 2 aromatic rings. The fourth-order valence-electron chi connectivity index (χ4n) is 1.65. The van der Waals surface area contributed by atoms with Crippen LogP contribution in [-0.4, -0.2) is 17.6 Å². The van der Waals surface area contributed by atoms with Crippen LogP contribution in [0.15, 0.2) is 18.2 Å². The molecule has 0 aliphatic heterocycles. The molecule has 100 valence electrons. The highest BCUT2D eigenvalue weighted by molar-refractivity contribution is 7.15. The van der Waals surface area contributed by atoms with Gasteiger partial charge in [-0.15, -0.1) is 11.3 Å². The Kier molecular flexibility index (Phi) is 4.17. The molecule has 6 heteroatoms. The summed E-state index contributed by atoms with van der Waals surface area (Å²) in [5.74, 6) is -1.05. The summed E-state index contributed by atoms with van der Waals surface area (Å²) < 4.78 is 18.8. The second-order valence-electron chi connectivity index (χ2n) is 3.73. The topological polar surface area (TPSA) is 39.2 Å².